The number of benzene rings is 2. The van der Waals surface area contributed by atoms with E-state index < -0.39 is 6.04 Å². The van der Waals surface area contributed by atoms with Gasteiger partial charge in [0.1, 0.15) is 5.82 Å². The van der Waals surface area contributed by atoms with Gasteiger partial charge in [-0.1, -0.05) is 41.1 Å². The van der Waals surface area contributed by atoms with Crippen molar-refractivity contribution in [2.75, 3.05) is 4.90 Å². The molecule has 1 N–H and O–H groups in total. The van der Waals surface area contributed by atoms with E-state index in [1.807, 2.05) is 66.6 Å². The number of allylic oxidation sites excluding steroid dienone is 1. The predicted molar refractivity (Wildman–Crippen MR) is 129 cm³/mol. The molecular formula is C24H19FN4OS2. The van der Waals surface area contributed by atoms with Crippen LogP contribution < -0.4 is 10.2 Å². The molecule has 2 aromatic carbocycles. The molecular weight excluding hydrogens is 443 g/mol. The van der Waals surface area contributed by atoms with Crippen LogP contribution in [0.4, 0.5) is 10.1 Å². The topological polar surface area (TPSA) is 54.2 Å². The van der Waals surface area contributed by atoms with Gasteiger partial charge in [-0.2, -0.15) is 4.98 Å². The van der Waals surface area contributed by atoms with Gasteiger partial charge in [0.25, 0.3) is 5.89 Å². The number of halogens is 1. The maximum absolute atomic E-state index is 14.1. The third-order valence-corrected chi connectivity index (χ3v) is 6.52. The summed E-state index contributed by atoms with van der Waals surface area (Å²) in [7, 11) is 0. The number of anilines is 1. The molecule has 0 aliphatic carbocycles. The minimum Gasteiger partial charge on any atom is -0.351 e. The molecule has 0 amide bonds. The lowest BCUT2D eigenvalue weighted by molar-refractivity contribution is 0.404. The van der Waals surface area contributed by atoms with Gasteiger partial charge >= 0.3 is 0 Å². The van der Waals surface area contributed by atoms with Crippen LogP contribution in [0.2, 0.25) is 0 Å². The maximum Gasteiger partial charge on any atom is 0.258 e. The van der Waals surface area contributed by atoms with Gasteiger partial charge in [-0.15, -0.1) is 11.3 Å². The van der Waals surface area contributed by atoms with Gasteiger partial charge in [-0.05, 0) is 67.3 Å². The summed E-state index contributed by atoms with van der Waals surface area (Å²) in [6, 6.07) is 18.0. The van der Waals surface area contributed by atoms with Crippen LogP contribution >= 0.6 is 23.6 Å². The zero-order valence-electron chi connectivity index (χ0n) is 17.4. The summed E-state index contributed by atoms with van der Waals surface area (Å²) >= 11 is 7.26. The molecule has 0 radical (unpaired) electrons. The summed E-state index contributed by atoms with van der Waals surface area (Å²) in [5, 5.41) is 10.0. The Labute approximate surface area is 194 Å². The lowest BCUT2D eigenvalue weighted by atomic mass is 9.94. The molecule has 160 valence electrons. The van der Waals surface area contributed by atoms with Crippen LogP contribution in [0.15, 0.2) is 76.3 Å². The van der Waals surface area contributed by atoms with Gasteiger partial charge in [0.05, 0.1) is 16.5 Å². The number of nitrogens with one attached hydrogen (secondary N) is 1. The first-order valence-corrected chi connectivity index (χ1v) is 11.3. The molecule has 5 nitrogen and oxygen atoms in total. The van der Waals surface area contributed by atoms with Crippen LogP contribution in [0.3, 0.4) is 0 Å². The van der Waals surface area contributed by atoms with E-state index in [2.05, 4.69) is 15.5 Å². The highest BCUT2D eigenvalue weighted by Gasteiger charge is 2.35. The third kappa shape index (κ3) is 3.72. The predicted octanol–water partition coefficient (Wildman–Crippen LogP) is 6.11. The molecule has 2 aromatic heterocycles. The Hall–Kier alpha value is -3.36. The van der Waals surface area contributed by atoms with Crippen LogP contribution in [0.1, 0.15) is 30.0 Å². The Balaban J connectivity index is 1.67. The first-order valence-electron chi connectivity index (χ1n) is 10.0. The van der Waals surface area contributed by atoms with E-state index >= 15 is 0 Å². The second kappa shape index (κ2) is 8.29. The van der Waals surface area contributed by atoms with E-state index in [-0.39, 0.29) is 5.82 Å². The highest BCUT2D eigenvalue weighted by molar-refractivity contribution is 7.80. The number of aryl methyl sites for hydroxylation is 1. The van der Waals surface area contributed by atoms with E-state index in [1.54, 1.807) is 6.07 Å². The SMILES string of the molecule is CC1=C(c2nc(-c3cccs3)no2)C(c2cccc(F)c2)NC(=S)N1c1ccc(C)cc1. The van der Waals surface area contributed by atoms with Gasteiger partial charge < -0.3 is 9.84 Å². The first kappa shape index (κ1) is 20.5. The fourth-order valence-electron chi connectivity index (χ4n) is 3.80. The molecule has 32 heavy (non-hydrogen) atoms. The standard InChI is InChI=1S/C24H19FN4OS2/c1-14-8-10-18(11-9-14)29-15(2)20(23-27-22(28-30-23)19-7-4-12-32-19)21(26-24(29)31)16-5-3-6-17(25)13-16/h3-13,21H,1-2H3,(H,26,31). The molecule has 1 atom stereocenters. The Morgan fingerprint density at radius 2 is 1.91 bits per heavy atom. The summed E-state index contributed by atoms with van der Waals surface area (Å²) in [6.45, 7) is 4.00. The summed E-state index contributed by atoms with van der Waals surface area (Å²) < 4.78 is 19.8. The molecule has 3 heterocycles. The molecule has 1 aliphatic rings. The van der Waals surface area contributed by atoms with Crippen molar-refractivity contribution in [3.63, 3.8) is 0 Å². The van der Waals surface area contributed by atoms with Gasteiger partial charge in [-0.3, -0.25) is 4.90 Å². The molecule has 0 bridgehead atoms. The fraction of sp³-hybridized carbons (Fsp3) is 0.125. The Kier molecular flexibility index (Phi) is 5.32. The average Bonchev–Trinajstić information content (AvgIpc) is 3.47. The number of thiocarbonyl (C=S) groups is 1. The summed E-state index contributed by atoms with van der Waals surface area (Å²) in [5.41, 5.74) is 4.38. The molecule has 1 unspecified atom stereocenters. The molecule has 0 fully saturated rings. The van der Waals surface area contributed by atoms with E-state index in [4.69, 9.17) is 16.7 Å². The van der Waals surface area contributed by atoms with Gasteiger partial charge in [0.15, 0.2) is 5.11 Å². The van der Waals surface area contributed by atoms with E-state index in [0.717, 1.165) is 33.0 Å². The molecule has 0 spiro atoms. The van der Waals surface area contributed by atoms with E-state index in [9.17, 15) is 4.39 Å². The molecule has 4 aromatic rings. The molecule has 0 saturated heterocycles. The molecule has 1 aliphatic heterocycles. The third-order valence-electron chi connectivity index (χ3n) is 5.36. The van der Waals surface area contributed by atoms with Crippen LogP contribution in [0.5, 0.6) is 0 Å². The van der Waals surface area contributed by atoms with Gasteiger partial charge in [0.2, 0.25) is 5.82 Å². The van der Waals surface area contributed by atoms with Crippen molar-refractivity contribution in [1.82, 2.24) is 15.5 Å². The number of thiophene rings is 1. The number of aromatic nitrogens is 2. The zero-order chi connectivity index (χ0) is 22.2. The normalized spacial score (nSPS) is 16.4. The van der Waals surface area contributed by atoms with Crippen LogP contribution in [-0.2, 0) is 0 Å². The van der Waals surface area contributed by atoms with E-state index in [1.165, 1.54) is 23.5 Å². The second-order valence-corrected chi connectivity index (χ2v) is 8.84. The Morgan fingerprint density at radius 3 is 2.62 bits per heavy atom. The van der Waals surface area contributed by atoms with Crippen molar-refractivity contribution in [2.45, 2.75) is 19.9 Å². The summed E-state index contributed by atoms with van der Waals surface area (Å²) in [5.74, 6) is 0.564. The minimum atomic E-state index is -0.434. The van der Waals surface area contributed by atoms with Crippen molar-refractivity contribution < 1.29 is 8.91 Å². The average molecular weight is 463 g/mol. The fourth-order valence-corrected chi connectivity index (χ4v) is 4.81. The lowest BCUT2D eigenvalue weighted by Gasteiger charge is -2.37. The molecule has 5 rings (SSSR count). The quantitative estimate of drug-likeness (QED) is 0.369. The van der Waals surface area contributed by atoms with Crippen LogP contribution in [0, 0.1) is 12.7 Å². The lowest BCUT2D eigenvalue weighted by Crippen LogP contribution is -2.46. The van der Waals surface area contributed by atoms with Crippen molar-refractivity contribution in [2.24, 2.45) is 0 Å². The minimum absolute atomic E-state index is 0.321. The Bertz CT molecular complexity index is 1310. The van der Waals surface area contributed by atoms with Gasteiger partial charge in [0, 0.05) is 11.4 Å². The first-order chi connectivity index (χ1) is 15.5. The summed E-state index contributed by atoms with van der Waals surface area (Å²) in [4.78, 5) is 7.51. The number of hydrogen-bond donors (Lipinski definition) is 1. The van der Waals surface area contributed by atoms with Crippen LogP contribution in [0.25, 0.3) is 16.3 Å². The van der Waals surface area contributed by atoms with Crippen molar-refractivity contribution in [3.05, 3.63) is 94.6 Å². The largest absolute Gasteiger partial charge is 0.351 e. The van der Waals surface area contributed by atoms with Crippen LogP contribution in [-0.4, -0.2) is 15.3 Å². The van der Waals surface area contributed by atoms with Crippen molar-refractivity contribution in [1.29, 1.82) is 0 Å². The number of hydrogen-bond acceptors (Lipinski definition) is 5. The maximum atomic E-state index is 14.1. The Morgan fingerprint density at radius 1 is 1.09 bits per heavy atom. The molecule has 0 saturated carbocycles. The monoisotopic (exact) mass is 462 g/mol. The van der Waals surface area contributed by atoms with E-state index in [0.29, 0.717) is 16.8 Å². The highest BCUT2D eigenvalue weighted by atomic mass is 32.1. The summed E-state index contributed by atoms with van der Waals surface area (Å²) in [6.07, 6.45) is 0. The molecule has 8 heteroatoms. The second-order valence-electron chi connectivity index (χ2n) is 7.51. The smallest absolute Gasteiger partial charge is 0.258 e. The van der Waals surface area contributed by atoms with Gasteiger partial charge in [-0.25, -0.2) is 4.39 Å². The highest BCUT2D eigenvalue weighted by Crippen LogP contribution is 2.39. The number of nitrogens with zero attached hydrogens (tertiary/aromatic N) is 3. The number of rotatable bonds is 4. The zero-order valence-corrected chi connectivity index (χ0v) is 19.0. The van der Waals surface area contributed by atoms with Crippen molar-refractivity contribution >= 4 is 39.9 Å². The van der Waals surface area contributed by atoms with Crippen molar-refractivity contribution in [3.8, 4) is 10.7 Å².